The molecule has 4 aromatic rings. The number of halogens is 1. The fourth-order valence-corrected chi connectivity index (χ4v) is 4.23. The van der Waals surface area contributed by atoms with E-state index in [1.54, 1.807) is 41.1 Å². The van der Waals surface area contributed by atoms with Crippen LogP contribution in [0.5, 0.6) is 0 Å². The summed E-state index contributed by atoms with van der Waals surface area (Å²) < 4.78 is 32.9. The molecule has 0 aliphatic carbocycles. The predicted molar refractivity (Wildman–Crippen MR) is 132 cm³/mol. The average Bonchev–Trinajstić information content (AvgIpc) is 3.47. The molecule has 0 radical (unpaired) electrons. The number of anilines is 1. The van der Waals surface area contributed by atoms with Crippen molar-refractivity contribution in [2.75, 3.05) is 12.3 Å². The number of nitrogen functional groups attached to an aromatic ring is 1. The Hall–Kier alpha value is -4.31. The van der Waals surface area contributed by atoms with Crippen molar-refractivity contribution in [2.45, 2.75) is 38.7 Å². The van der Waals surface area contributed by atoms with Crippen LogP contribution >= 0.6 is 0 Å². The van der Waals surface area contributed by atoms with E-state index in [2.05, 4.69) is 9.97 Å². The third-order valence-electron chi connectivity index (χ3n) is 6.28. The van der Waals surface area contributed by atoms with Crippen LogP contribution in [0.15, 0.2) is 60.8 Å². The number of fused-ring (bicyclic) bond motifs is 1. The van der Waals surface area contributed by atoms with Gasteiger partial charge in [-0.05, 0) is 44.2 Å². The van der Waals surface area contributed by atoms with Gasteiger partial charge in [-0.15, -0.1) is 0 Å². The van der Waals surface area contributed by atoms with Crippen molar-refractivity contribution in [1.29, 1.82) is 0 Å². The van der Waals surface area contributed by atoms with Gasteiger partial charge in [0.2, 0.25) is 0 Å². The Morgan fingerprint density at radius 1 is 1.00 bits per heavy atom. The first-order valence-electron chi connectivity index (χ1n) is 11.7. The molecule has 1 aliphatic heterocycles. The average molecular weight is 505 g/mol. The molecule has 1 aliphatic rings. The Morgan fingerprint density at radius 2 is 1.62 bits per heavy atom. The number of benzene rings is 2. The van der Waals surface area contributed by atoms with Crippen LogP contribution in [0.25, 0.3) is 11.0 Å². The van der Waals surface area contributed by atoms with Gasteiger partial charge in [-0.2, -0.15) is 14.4 Å². The van der Waals surface area contributed by atoms with Crippen LogP contribution in [0.2, 0.25) is 0 Å². The number of hydrogen-bond donors (Lipinski definition) is 1. The molecule has 190 valence electrons. The zero-order chi connectivity index (χ0) is 26.1. The SMILES string of the molecule is Cc1ccc(C(=O)OC[C@@H]2O[C@@H](n3ccc4c(N)nc(F)nc43)C[C@@H]2OC(=O)c2ccc(C)cc2)cc1. The van der Waals surface area contributed by atoms with Gasteiger partial charge in [0.25, 0.3) is 0 Å². The van der Waals surface area contributed by atoms with E-state index in [0.717, 1.165) is 11.1 Å². The summed E-state index contributed by atoms with van der Waals surface area (Å²) in [6.07, 6.45) is -1.28. The number of rotatable bonds is 6. The number of nitrogens with two attached hydrogens (primary N) is 1. The van der Waals surface area contributed by atoms with Gasteiger partial charge in [0.05, 0.1) is 16.5 Å². The van der Waals surface area contributed by atoms with Crippen LogP contribution < -0.4 is 5.73 Å². The predicted octanol–water partition coefficient (Wildman–Crippen LogP) is 4.14. The maximum absolute atomic E-state index is 13.9. The lowest BCUT2D eigenvalue weighted by Crippen LogP contribution is -2.32. The van der Waals surface area contributed by atoms with Crippen molar-refractivity contribution in [3.63, 3.8) is 0 Å². The van der Waals surface area contributed by atoms with Gasteiger partial charge in [-0.1, -0.05) is 35.4 Å². The van der Waals surface area contributed by atoms with E-state index in [-0.39, 0.29) is 24.5 Å². The van der Waals surface area contributed by atoms with Gasteiger partial charge >= 0.3 is 18.0 Å². The third-order valence-corrected chi connectivity index (χ3v) is 6.28. The van der Waals surface area contributed by atoms with Gasteiger partial charge < -0.3 is 24.5 Å². The zero-order valence-corrected chi connectivity index (χ0v) is 20.3. The van der Waals surface area contributed by atoms with E-state index in [9.17, 15) is 14.0 Å². The standard InChI is InChI=1S/C27H25FN4O5/c1-15-3-7-17(8-4-15)25(33)35-14-21-20(37-26(34)18-9-5-16(2)6-10-18)13-22(36-21)32-12-11-19-23(29)30-27(28)31-24(19)32/h3-12,20-22H,13-14H2,1-2H3,(H2,29,30,31)/t20-,21-,22+/m0/s1. The fourth-order valence-electron chi connectivity index (χ4n) is 4.23. The van der Waals surface area contributed by atoms with Crippen molar-refractivity contribution in [2.24, 2.45) is 0 Å². The molecule has 0 amide bonds. The van der Waals surface area contributed by atoms with Crippen LogP contribution in [0.1, 0.15) is 44.5 Å². The fraction of sp³-hybridized carbons (Fsp3) is 0.259. The normalized spacial score (nSPS) is 19.2. The second-order valence-electron chi connectivity index (χ2n) is 8.98. The van der Waals surface area contributed by atoms with Gasteiger partial charge in [0.15, 0.2) is 5.65 Å². The Balaban J connectivity index is 1.37. The smallest absolute Gasteiger partial charge is 0.338 e. The summed E-state index contributed by atoms with van der Waals surface area (Å²) >= 11 is 0. The molecule has 2 aromatic heterocycles. The summed E-state index contributed by atoms with van der Waals surface area (Å²) in [4.78, 5) is 32.9. The lowest BCUT2D eigenvalue weighted by atomic mass is 10.1. The minimum absolute atomic E-state index is 0.00479. The lowest BCUT2D eigenvalue weighted by Gasteiger charge is -2.19. The van der Waals surface area contributed by atoms with Gasteiger partial charge in [0.1, 0.15) is 30.9 Å². The van der Waals surface area contributed by atoms with Crippen LogP contribution in [-0.4, -0.2) is 45.3 Å². The Bertz CT molecular complexity index is 1450. The van der Waals surface area contributed by atoms with Crippen molar-refractivity contribution in [1.82, 2.24) is 14.5 Å². The van der Waals surface area contributed by atoms with E-state index >= 15 is 0 Å². The van der Waals surface area contributed by atoms with Crippen LogP contribution in [0.4, 0.5) is 10.2 Å². The van der Waals surface area contributed by atoms with Crippen LogP contribution in [0, 0.1) is 19.9 Å². The summed E-state index contributed by atoms with van der Waals surface area (Å²) in [5.74, 6) is -1.05. The monoisotopic (exact) mass is 504 g/mol. The quantitative estimate of drug-likeness (QED) is 0.307. The maximum Gasteiger partial charge on any atom is 0.338 e. The highest BCUT2D eigenvalue weighted by atomic mass is 19.1. The number of esters is 2. The van der Waals surface area contributed by atoms with Crippen LogP contribution in [0.3, 0.4) is 0 Å². The molecule has 2 N–H and O–H groups in total. The molecule has 0 bridgehead atoms. The highest BCUT2D eigenvalue weighted by Crippen LogP contribution is 2.34. The number of carbonyl (C=O) groups is 2. The Kier molecular flexibility index (Phi) is 6.58. The largest absolute Gasteiger partial charge is 0.459 e. The molecule has 1 fully saturated rings. The van der Waals surface area contributed by atoms with Crippen molar-refractivity contribution >= 4 is 28.8 Å². The van der Waals surface area contributed by atoms with Gasteiger partial charge in [-0.25, -0.2) is 9.59 Å². The Morgan fingerprint density at radius 3 is 2.27 bits per heavy atom. The lowest BCUT2D eigenvalue weighted by molar-refractivity contribution is -0.0562. The van der Waals surface area contributed by atoms with E-state index in [0.29, 0.717) is 16.5 Å². The molecular weight excluding hydrogens is 479 g/mol. The number of aryl methyl sites for hydroxylation is 2. The van der Waals surface area contributed by atoms with Gasteiger partial charge in [0, 0.05) is 12.6 Å². The first-order valence-corrected chi connectivity index (χ1v) is 11.7. The molecule has 1 saturated heterocycles. The second kappa shape index (κ2) is 9.98. The summed E-state index contributed by atoms with van der Waals surface area (Å²) in [6.45, 7) is 3.69. The molecule has 0 saturated carbocycles. The second-order valence-corrected chi connectivity index (χ2v) is 8.98. The molecule has 10 heteroatoms. The van der Waals surface area contributed by atoms with Crippen molar-refractivity contribution in [3.05, 3.63) is 89.1 Å². The molecule has 37 heavy (non-hydrogen) atoms. The number of ether oxygens (including phenoxy) is 3. The molecule has 5 rings (SSSR count). The first-order chi connectivity index (χ1) is 17.8. The molecule has 3 heterocycles. The summed E-state index contributed by atoms with van der Waals surface area (Å²) in [5.41, 5.74) is 8.89. The summed E-state index contributed by atoms with van der Waals surface area (Å²) in [6, 6.07) is 15.6. The molecular formula is C27H25FN4O5. The molecule has 2 aromatic carbocycles. The molecule has 0 spiro atoms. The number of carbonyl (C=O) groups excluding carboxylic acids is 2. The highest BCUT2D eigenvalue weighted by molar-refractivity contribution is 5.90. The van der Waals surface area contributed by atoms with E-state index in [4.69, 9.17) is 19.9 Å². The highest BCUT2D eigenvalue weighted by Gasteiger charge is 2.40. The minimum atomic E-state index is -0.964. The summed E-state index contributed by atoms with van der Waals surface area (Å²) in [7, 11) is 0. The topological polar surface area (TPSA) is 119 Å². The third kappa shape index (κ3) is 5.14. The molecule has 3 atom stereocenters. The number of hydrogen-bond acceptors (Lipinski definition) is 8. The summed E-state index contributed by atoms with van der Waals surface area (Å²) in [5, 5.41) is 0.465. The van der Waals surface area contributed by atoms with E-state index < -0.39 is 36.5 Å². The zero-order valence-electron chi connectivity index (χ0n) is 20.3. The van der Waals surface area contributed by atoms with Gasteiger partial charge in [-0.3, -0.25) is 0 Å². The van der Waals surface area contributed by atoms with E-state index in [1.807, 2.05) is 38.1 Å². The van der Waals surface area contributed by atoms with E-state index in [1.165, 1.54) is 0 Å². The van der Waals surface area contributed by atoms with Crippen molar-refractivity contribution < 1.29 is 28.2 Å². The molecule has 9 nitrogen and oxygen atoms in total. The minimum Gasteiger partial charge on any atom is -0.459 e. The van der Waals surface area contributed by atoms with Crippen molar-refractivity contribution in [3.8, 4) is 0 Å². The van der Waals surface area contributed by atoms with Crippen LogP contribution in [-0.2, 0) is 14.2 Å². The number of nitrogens with zero attached hydrogens (tertiary/aromatic N) is 3. The first kappa shape index (κ1) is 24.4. The Labute approximate surface area is 212 Å². The number of aromatic nitrogens is 3. The maximum atomic E-state index is 13.9. The molecule has 0 unspecified atom stereocenters.